The van der Waals surface area contributed by atoms with Gasteiger partial charge in [-0.25, -0.2) is 0 Å². The molecule has 1 aromatic heterocycles. The Hall–Kier alpha value is -1.03. The molecule has 3 N–H and O–H groups in total. The van der Waals surface area contributed by atoms with E-state index in [1.54, 1.807) is 11.3 Å². The molecular weight excluding hydrogens is 276 g/mol. The maximum Gasteiger partial charge on any atom is 0.0931 e. The molecule has 0 spiro atoms. The van der Waals surface area contributed by atoms with Gasteiger partial charge >= 0.3 is 0 Å². The number of benzene rings is 1. The van der Waals surface area contributed by atoms with Crippen molar-refractivity contribution in [3.63, 3.8) is 0 Å². The van der Waals surface area contributed by atoms with E-state index in [2.05, 4.69) is 30.4 Å². The van der Waals surface area contributed by atoms with Gasteiger partial charge in [0.2, 0.25) is 0 Å². The van der Waals surface area contributed by atoms with Crippen LogP contribution in [0.25, 0.3) is 0 Å². The highest BCUT2D eigenvalue weighted by molar-refractivity contribution is 7.16. The Kier molecular flexibility index (Phi) is 3.52. The lowest BCUT2D eigenvalue weighted by Crippen LogP contribution is -2.22. The summed E-state index contributed by atoms with van der Waals surface area (Å²) >= 11 is 7.64. The summed E-state index contributed by atoms with van der Waals surface area (Å²) in [5, 5.41) is 3.70. The molecule has 3 rings (SSSR count). The van der Waals surface area contributed by atoms with Gasteiger partial charge in [-0.2, -0.15) is 0 Å². The van der Waals surface area contributed by atoms with E-state index >= 15 is 0 Å². The minimum Gasteiger partial charge on any atom is -0.399 e. The molecule has 0 bridgehead atoms. The Bertz CT molecular complexity index is 594. The van der Waals surface area contributed by atoms with Gasteiger partial charge in [0, 0.05) is 22.6 Å². The number of hydrogen-bond acceptors (Lipinski definition) is 3. The SMILES string of the molecule is CC(NC1CCc2cc(N)ccc21)c1ccc(Cl)s1. The summed E-state index contributed by atoms with van der Waals surface area (Å²) in [7, 11) is 0. The second-order valence-electron chi connectivity index (χ2n) is 5.08. The number of fused-ring (bicyclic) bond motifs is 1. The Morgan fingerprint density at radius 2 is 2.21 bits per heavy atom. The fourth-order valence-corrected chi connectivity index (χ4v) is 3.83. The first kappa shape index (κ1) is 13.0. The van der Waals surface area contributed by atoms with Crippen LogP contribution in [0.5, 0.6) is 0 Å². The molecular formula is C15H17ClN2S. The highest BCUT2D eigenvalue weighted by Gasteiger charge is 2.24. The molecule has 2 nitrogen and oxygen atoms in total. The first-order chi connectivity index (χ1) is 9.13. The molecule has 2 aromatic rings. The molecule has 0 radical (unpaired) electrons. The summed E-state index contributed by atoms with van der Waals surface area (Å²) in [6.45, 7) is 2.19. The molecule has 4 heteroatoms. The van der Waals surface area contributed by atoms with Crippen LogP contribution in [0.1, 0.15) is 41.4 Å². The third kappa shape index (κ3) is 2.64. The second kappa shape index (κ2) is 5.16. The van der Waals surface area contributed by atoms with Crippen LogP contribution in [0.2, 0.25) is 4.34 Å². The van der Waals surface area contributed by atoms with Gasteiger partial charge in [0.25, 0.3) is 0 Å². The number of nitrogens with one attached hydrogen (secondary N) is 1. The van der Waals surface area contributed by atoms with E-state index in [9.17, 15) is 0 Å². The van der Waals surface area contributed by atoms with Crippen LogP contribution in [0, 0.1) is 0 Å². The molecule has 19 heavy (non-hydrogen) atoms. The number of aryl methyl sites for hydroxylation is 1. The number of nitrogen functional groups attached to an aromatic ring is 1. The fraction of sp³-hybridized carbons (Fsp3) is 0.333. The first-order valence-corrected chi connectivity index (χ1v) is 7.72. The molecule has 1 aliphatic rings. The molecule has 1 heterocycles. The van der Waals surface area contributed by atoms with Crippen LogP contribution < -0.4 is 11.1 Å². The third-order valence-corrected chi connectivity index (χ3v) is 5.13. The van der Waals surface area contributed by atoms with E-state index in [1.165, 1.54) is 16.0 Å². The lowest BCUT2D eigenvalue weighted by molar-refractivity contribution is 0.469. The van der Waals surface area contributed by atoms with Gasteiger partial charge in [-0.3, -0.25) is 0 Å². The predicted octanol–water partition coefficient (Wildman–Crippen LogP) is 4.32. The van der Waals surface area contributed by atoms with Crippen molar-refractivity contribution in [2.45, 2.75) is 31.8 Å². The zero-order valence-electron chi connectivity index (χ0n) is 10.8. The van der Waals surface area contributed by atoms with Crippen LogP contribution in [0.15, 0.2) is 30.3 Å². The smallest absolute Gasteiger partial charge is 0.0931 e. The topological polar surface area (TPSA) is 38.0 Å². The maximum absolute atomic E-state index is 6.00. The zero-order chi connectivity index (χ0) is 13.4. The summed E-state index contributed by atoms with van der Waals surface area (Å²) in [4.78, 5) is 1.29. The van der Waals surface area contributed by atoms with Crippen LogP contribution >= 0.6 is 22.9 Å². The average Bonchev–Trinajstić information content (AvgIpc) is 2.96. The average molecular weight is 293 g/mol. The van der Waals surface area contributed by atoms with E-state index in [0.29, 0.717) is 12.1 Å². The molecule has 1 aliphatic carbocycles. The Morgan fingerprint density at radius 1 is 1.37 bits per heavy atom. The maximum atomic E-state index is 6.00. The van der Waals surface area contributed by atoms with Gasteiger partial charge < -0.3 is 11.1 Å². The van der Waals surface area contributed by atoms with E-state index < -0.39 is 0 Å². The third-order valence-electron chi connectivity index (χ3n) is 3.72. The molecule has 0 amide bonds. The van der Waals surface area contributed by atoms with Crippen molar-refractivity contribution in [3.8, 4) is 0 Å². The predicted molar refractivity (Wildman–Crippen MR) is 82.8 cm³/mol. The summed E-state index contributed by atoms with van der Waals surface area (Å²) < 4.78 is 0.850. The van der Waals surface area contributed by atoms with E-state index in [1.807, 2.05) is 12.1 Å². The fourth-order valence-electron chi connectivity index (χ4n) is 2.76. The Balaban J connectivity index is 1.76. The van der Waals surface area contributed by atoms with Gasteiger partial charge in [0.05, 0.1) is 4.34 Å². The van der Waals surface area contributed by atoms with Gasteiger partial charge in [-0.1, -0.05) is 17.7 Å². The minimum absolute atomic E-state index is 0.325. The highest BCUT2D eigenvalue weighted by Crippen LogP contribution is 2.35. The summed E-state index contributed by atoms with van der Waals surface area (Å²) in [5.74, 6) is 0. The van der Waals surface area contributed by atoms with Crippen LogP contribution in [0.3, 0.4) is 0 Å². The largest absolute Gasteiger partial charge is 0.399 e. The van der Waals surface area contributed by atoms with Crippen molar-refractivity contribution >= 4 is 28.6 Å². The Labute approximate surface area is 122 Å². The molecule has 2 unspecified atom stereocenters. The molecule has 0 saturated heterocycles. The number of anilines is 1. The van der Waals surface area contributed by atoms with E-state index in [0.717, 1.165) is 22.9 Å². The van der Waals surface area contributed by atoms with Gasteiger partial charge in [-0.05, 0) is 55.2 Å². The lowest BCUT2D eigenvalue weighted by Gasteiger charge is -2.19. The lowest BCUT2D eigenvalue weighted by atomic mass is 10.1. The van der Waals surface area contributed by atoms with Gasteiger partial charge in [0.15, 0.2) is 0 Å². The zero-order valence-corrected chi connectivity index (χ0v) is 12.4. The Morgan fingerprint density at radius 3 is 2.95 bits per heavy atom. The number of thiophene rings is 1. The molecule has 0 fully saturated rings. The summed E-state index contributed by atoms with van der Waals surface area (Å²) in [6, 6.07) is 11.1. The number of halogens is 1. The van der Waals surface area contributed by atoms with Crippen molar-refractivity contribution in [2.75, 3.05) is 5.73 Å². The molecule has 0 aliphatic heterocycles. The normalized spacial score (nSPS) is 19.4. The molecule has 0 saturated carbocycles. The van der Waals surface area contributed by atoms with Crippen LogP contribution in [0.4, 0.5) is 5.69 Å². The standard InChI is InChI=1S/C15H17ClN2S/c1-9(14-6-7-15(16)19-14)18-13-5-2-10-8-11(17)3-4-12(10)13/h3-4,6-9,13,18H,2,5,17H2,1H3. The van der Waals surface area contributed by atoms with Gasteiger partial charge in [-0.15, -0.1) is 11.3 Å². The number of hydrogen-bond donors (Lipinski definition) is 2. The van der Waals surface area contributed by atoms with Crippen molar-refractivity contribution < 1.29 is 0 Å². The molecule has 2 atom stereocenters. The van der Waals surface area contributed by atoms with Crippen LogP contribution in [-0.4, -0.2) is 0 Å². The summed E-state index contributed by atoms with van der Waals surface area (Å²) in [6.07, 6.45) is 2.25. The molecule has 1 aromatic carbocycles. The number of rotatable bonds is 3. The van der Waals surface area contributed by atoms with E-state index in [4.69, 9.17) is 17.3 Å². The number of nitrogens with two attached hydrogens (primary N) is 1. The quantitative estimate of drug-likeness (QED) is 0.827. The second-order valence-corrected chi connectivity index (χ2v) is 6.83. The van der Waals surface area contributed by atoms with Gasteiger partial charge in [0.1, 0.15) is 0 Å². The van der Waals surface area contributed by atoms with Crippen LogP contribution in [-0.2, 0) is 6.42 Å². The minimum atomic E-state index is 0.325. The monoisotopic (exact) mass is 292 g/mol. The van der Waals surface area contributed by atoms with Crippen molar-refractivity contribution in [1.29, 1.82) is 0 Å². The van der Waals surface area contributed by atoms with Crippen molar-refractivity contribution in [2.24, 2.45) is 0 Å². The van der Waals surface area contributed by atoms with Crippen molar-refractivity contribution in [3.05, 3.63) is 50.7 Å². The summed E-state index contributed by atoms with van der Waals surface area (Å²) in [5.41, 5.74) is 9.47. The first-order valence-electron chi connectivity index (χ1n) is 6.53. The van der Waals surface area contributed by atoms with Crippen molar-refractivity contribution in [1.82, 2.24) is 5.32 Å². The van der Waals surface area contributed by atoms with E-state index in [-0.39, 0.29) is 0 Å². The highest BCUT2D eigenvalue weighted by atomic mass is 35.5. The molecule has 100 valence electrons.